The zero-order valence-electron chi connectivity index (χ0n) is 17.4. The fraction of sp³-hybridized carbons (Fsp3) is 0.208. The lowest BCUT2D eigenvalue weighted by Gasteiger charge is -2.15. The molecule has 30 heavy (non-hydrogen) atoms. The van der Waals surface area contributed by atoms with Gasteiger partial charge in [0.25, 0.3) is 0 Å². The molecule has 3 rings (SSSR count). The summed E-state index contributed by atoms with van der Waals surface area (Å²) in [5.74, 6) is 2.45. The highest BCUT2D eigenvalue weighted by molar-refractivity contribution is 7.98. The van der Waals surface area contributed by atoms with Crippen molar-refractivity contribution < 1.29 is 23.7 Å². The third-order valence-corrected chi connectivity index (χ3v) is 5.67. The second-order valence-corrected chi connectivity index (χ2v) is 7.45. The average molecular weight is 425 g/mol. The van der Waals surface area contributed by atoms with Crippen molar-refractivity contribution >= 4 is 17.7 Å². The number of thioether (sulfide) groups is 1. The predicted octanol–water partition coefficient (Wildman–Crippen LogP) is 5.46. The maximum atomic E-state index is 11.8. The van der Waals surface area contributed by atoms with E-state index in [0.717, 1.165) is 33.1 Å². The van der Waals surface area contributed by atoms with Gasteiger partial charge in [-0.05, 0) is 35.4 Å². The van der Waals surface area contributed by atoms with Crippen LogP contribution in [0.25, 0.3) is 11.1 Å². The van der Waals surface area contributed by atoms with Gasteiger partial charge in [-0.1, -0.05) is 24.3 Å². The van der Waals surface area contributed by atoms with Gasteiger partial charge < -0.3 is 18.9 Å². The molecule has 0 N–H and O–H groups in total. The van der Waals surface area contributed by atoms with Crippen molar-refractivity contribution in [2.45, 2.75) is 10.6 Å². The van der Waals surface area contributed by atoms with E-state index < -0.39 is 0 Å². The Hall–Kier alpha value is -3.12. The number of rotatable bonds is 8. The van der Waals surface area contributed by atoms with Crippen LogP contribution in [0.3, 0.4) is 0 Å². The summed E-state index contributed by atoms with van der Waals surface area (Å²) in [6.45, 7) is 0. The van der Waals surface area contributed by atoms with E-state index >= 15 is 0 Å². The molecule has 0 heterocycles. The Balaban J connectivity index is 1.84. The van der Waals surface area contributed by atoms with Crippen LogP contribution in [-0.4, -0.2) is 34.4 Å². The first-order chi connectivity index (χ1) is 14.6. The molecule has 0 saturated carbocycles. The first-order valence-corrected chi connectivity index (χ1v) is 10.3. The number of hydrogen-bond donors (Lipinski definition) is 0. The molecule has 3 aromatic rings. The summed E-state index contributed by atoms with van der Waals surface area (Å²) in [6, 6.07) is 19.3. The summed E-state index contributed by atoms with van der Waals surface area (Å²) in [7, 11) is 6.27. The fourth-order valence-corrected chi connectivity index (χ4v) is 4.07. The number of methoxy groups -OCH3 is 4. The van der Waals surface area contributed by atoms with E-state index in [9.17, 15) is 4.79 Å². The highest BCUT2D eigenvalue weighted by atomic mass is 32.2. The van der Waals surface area contributed by atoms with E-state index in [0.29, 0.717) is 17.1 Å². The standard InChI is InChI=1S/C24H24O5S/c1-26-19-13-22(27-2)21(23(14-19)28-3)15-30-20-10-6-8-17(12-20)16-7-5-9-18(11-16)24(25)29-4/h5-14H,15H2,1-4H3. The van der Waals surface area contributed by atoms with Crippen molar-refractivity contribution in [2.24, 2.45) is 0 Å². The molecule has 0 aliphatic heterocycles. The Morgan fingerprint density at radius 1 is 0.800 bits per heavy atom. The average Bonchev–Trinajstić information content (AvgIpc) is 2.81. The number of carbonyl (C=O) groups is 1. The van der Waals surface area contributed by atoms with Gasteiger partial charge in [0, 0.05) is 28.3 Å². The van der Waals surface area contributed by atoms with Gasteiger partial charge in [0.15, 0.2) is 0 Å². The zero-order valence-corrected chi connectivity index (χ0v) is 18.2. The number of carbonyl (C=O) groups excluding carboxylic acids is 1. The molecule has 6 heteroatoms. The van der Waals surface area contributed by atoms with E-state index in [1.54, 1.807) is 39.2 Å². The first-order valence-electron chi connectivity index (χ1n) is 9.30. The zero-order chi connectivity index (χ0) is 21.5. The van der Waals surface area contributed by atoms with Crippen LogP contribution >= 0.6 is 11.8 Å². The maximum absolute atomic E-state index is 11.8. The van der Waals surface area contributed by atoms with Crippen LogP contribution in [0.5, 0.6) is 17.2 Å². The molecule has 3 aromatic carbocycles. The third kappa shape index (κ3) is 4.89. The second kappa shape index (κ2) is 10.1. The fourth-order valence-electron chi connectivity index (χ4n) is 3.08. The highest BCUT2D eigenvalue weighted by Gasteiger charge is 2.14. The molecule has 0 radical (unpaired) electrons. The molecule has 156 valence electrons. The van der Waals surface area contributed by atoms with Crippen molar-refractivity contribution in [3.63, 3.8) is 0 Å². The minimum Gasteiger partial charge on any atom is -0.496 e. The third-order valence-electron chi connectivity index (χ3n) is 4.65. The van der Waals surface area contributed by atoms with Crippen molar-refractivity contribution in [2.75, 3.05) is 28.4 Å². The van der Waals surface area contributed by atoms with Gasteiger partial charge in [-0.3, -0.25) is 0 Å². The second-order valence-electron chi connectivity index (χ2n) is 6.40. The Morgan fingerprint density at radius 2 is 1.43 bits per heavy atom. The smallest absolute Gasteiger partial charge is 0.337 e. The molecule has 0 saturated heterocycles. The number of esters is 1. The van der Waals surface area contributed by atoms with E-state index in [4.69, 9.17) is 18.9 Å². The van der Waals surface area contributed by atoms with Crippen LogP contribution in [-0.2, 0) is 10.5 Å². The van der Waals surface area contributed by atoms with Gasteiger partial charge in [-0.2, -0.15) is 0 Å². The van der Waals surface area contributed by atoms with E-state index in [-0.39, 0.29) is 5.97 Å². The van der Waals surface area contributed by atoms with Crippen molar-refractivity contribution in [3.8, 4) is 28.4 Å². The molecule has 0 aliphatic carbocycles. The summed E-state index contributed by atoms with van der Waals surface area (Å²) in [4.78, 5) is 12.9. The van der Waals surface area contributed by atoms with Crippen molar-refractivity contribution in [1.82, 2.24) is 0 Å². The minimum absolute atomic E-state index is 0.346. The molecular formula is C24H24O5S. The van der Waals surface area contributed by atoms with Gasteiger partial charge >= 0.3 is 5.97 Å². The largest absolute Gasteiger partial charge is 0.496 e. The molecule has 5 nitrogen and oxygen atoms in total. The summed E-state index contributed by atoms with van der Waals surface area (Å²) < 4.78 is 21.2. The summed E-state index contributed by atoms with van der Waals surface area (Å²) >= 11 is 1.68. The summed E-state index contributed by atoms with van der Waals surface area (Å²) in [5, 5.41) is 0. The van der Waals surface area contributed by atoms with Crippen molar-refractivity contribution in [1.29, 1.82) is 0 Å². The molecule has 0 aromatic heterocycles. The SMILES string of the molecule is COC(=O)c1cccc(-c2cccc(SCc3c(OC)cc(OC)cc3OC)c2)c1. The lowest BCUT2D eigenvalue weighted by molar-refractivity contribution is 0.0601. The summed E-state index contributed by atoms with van der Waals surface area (Å²) in [5.41, 5.74) is 3.48. The quantitative estimate of drug-likeness (QED) is 0.354. The molecule has 0 unspecified atom stereocenters. The highest BCUT2D eigenvalue weighted by Crippen LogP contribution is 2.38. The molecular weight excluding hydrogens is 400 g/mol. The van der Waals surface area contributed by atoms with Gasteiger partial charge in [0.05, 0.1) is 34.0 Å². The van der Waals surface area contributed by atoms with Crippen LogP contribution in [0, 0.1) is 0 Å². The van der Waals surface area contributed by atoms with Crippen LogP contribution in [0.4, 0.5) is 0 Å². The lowest BCUT2D eigenvalue weighted by Crippen LogP contribution is -2.00. The normalized spacial score (nSPS) is 10.4. The van der Waals surface area contributed by atoms with E-state index in [1.807, 2.05) is 42.5 Å². The molecule has 0 fully saturated rings. The van der Waals surface area contributed by atoms with Crippen LogP contribution in [0.15, 0.2) is 65.6 Å². The Bertz CT molecular complexity index is 1010. The number of benzene rings is 3. The monoisotopic (exact) mass is 424 g/mol. The molecule has 0 spiro atoms. The Labute approximate surface area is 180 Å². The van der Waals surface area contributed by atoms with Gasteiger partial charge in [-0.25, -0.2) is 4.79 Å². The predicted molar refractivity (Wildman–Crippen MR) is 119 cm³/mol. The van der Waals surface area contributed by atoms with Gasteiger partial charge in [0.1, 0.15) is 17.2 Å². The van der Waals surface area contributed by atoms with Crippen LogP contribution in [0.2, 0.25) is 0 Å². The lowest BCUT2D eigenvalue weighted by atomic mass is 10.0. The molecule has 0 atom stereocenters. The van der Waals surface area contributed by atoms with E-state index in [1.165, 1.54) is 7.11 Å². The number of hydrogen-bond acceptors (Lipinski definition) is 6. The number of ether oxygens (including phenoxy) is 4. The first kappa shape index (κ1) is 21.6. The van der Waals surface area contributed by atoms with Crippen LogP contribution < -0.4 is 14.2 Å². The molecule has 0 bridgehead atoms. The summed E-state index contributed by atoms with van der Waals surface area (Å²) in [6.07, 6.45) is 0. The van der Waals surface area contributed by atoms with Crippen LogP contribution in [0.1, 0.15) is 15.9 Å². The maximum Gasteiger partial charge on any atom is 0.337 e. The van der Waals surface area contributed by atoms with Gasteiger partial charge in [0.2, 0.25) is 0 Å². The van der Waals surface area contributed by atoms with E-state index in [2.05, 4.69) is 12.1 Å². The van der Waals surface area contributed by atoms with Gasteiger partial charge in [-0.15, -0.1) is 11.8 Å². The minimum atomic E-state index is -0.346. The topological polar surface area (TPSA) is 54.0 Å². The Kier molecular flexibility index (Phi) is 7.25. The Morgan fingerprint density at radius 3 is 2.03 bits per heavy atom. The van der Waals surface area contributed by atoms with Crippen molar-refractivity contribution in [3.05, 3.63) is 71.8 Å². The molecule has 0 amide bonds. The molecule has 0 aliphatic rings.